The SMILES string of the molecule is C=C(C)C1=C(Cc2ccccc2)CC1CB1OC(C)(C)C(C)(C)O1. The molecule has 1 fully saturated rings. The van der Waals surface area contributed by atoms with Gasteiger partial charge in [-0.15, -0.1) is 0 Å². The molecule has 0 bridgehead atoms. The Morgan fingerprint density at radius 3 is 2.25 bits per heavy atom. The van der Waals surface area contributed by atoms with Crippen LogP contribution in [-0.2, 0) is 15.7 Å². The summed E-state index contributed by atoms with van der Waals surface area (Å²) in [6, 6.07) is 10.7. The van der Waals surface area contributed by atoms with E-state index in [9.17, 15) is 0 Å². The van der Waals surface area contributed by atoms with E-state index in [1.807, 2.05) is 0 Å². The molecule has 1 heterocycles. The van der Waals surface area contributed by atoms with Crippen LogP contribution in [0.2, 0.25) is 6.32 Å². The molecule has 0 amide bonds. The monoisotopic (exact) mass is 324 g/mol. The largest absolute Gasteiger partial charge is 0.458 e. The summed E-state index contributed by atoms with van der Waals surface area (Å²) in [5.41, 5.74) is 5.03. The van der Waals surface area contributed by atoms with E-state index in [0.29, 0.717) is 5.92 Å². The van der Waals surface area contributed by atoms with Crippen molar-refractivity contribution in [2.75, 3.05) is 0 Å². The Labute approximate surface area is 147 Å². The van der Waals surface area contributed by atoms with Crippen LogP contribution in [0.4, 0.5) is 0 Å². The standard InChI is InChI=1S/C21H29BO2/c1-15(2)19-17(12-16-10-8-7-9-11-16)13-18(19)14-22-23-20(3,4)21(5,6)24-22/h7-11,18H,1,12-14H2,2-6H3. The van der Waals surface area contributed by atoms with Crippen molar-refractivity contribution in [3.63, 3.8) is 0 Å². The Balaban J connectivity index is 1.69. The molecule has 1 aliphatic heterocycles. The first kappa shape index (κ1) is 17.5. The van der Waals surface area contributed by atoms with Crippen LogP contribution < -0.4 is 0 Å². The van der Waals surface area contributed by atoms with Gasteiger partial charge in [-0.1, -0.05) is 48.1 Å². The van der Waals surface area contributed by atoms with Gasteiger partial charge in [0.25, 0.3) is 0 Å². The molecular formula is C21H29BO2. The van der Waals surface area contributed by atoms with Crippen molar-refractivity contribution in [3.05, 3.63) is 59.2 Å². The zero-order chi connectivity index (χ0) is 17.5. The highest BCUT2D eigenvalue weighted by Crippen LogP contribution is 2.46. The van der Waals surface area contributed by atoms with Crippen molar-refractivity contribution in [3.8, 4) is 0 Å². The van der Waals surface area contributed by atoms with E-state index in [-0.39, 0.29) is 18.3 Å². The first-order chi connectivity index (χ1) is 11.2. The molecule has 1 saturated heterocycles. The molecule has 1 aromatic rings. The van der Waals surface area contributed by atoms with Gasteiger partial charge in [0.1, 0.15) is 0 Å². The molecule has 0 radical (unpaired) electrons. The second-order valence-electron chi connectivity index (χ2n) is 8.28. The molecule has 0 aromatic heterocycles. The Kier molecular flexibility index (Phi) is 4.52. The molecule has 1 aliphatic carbocycles. The minimum atomic E-state index is -0.249. The Morgan fingerprint density at radius 1 is 1.12 bits per heavy atom. The van der Waals surface area contributed by atoms with Gasteiger partial charge >= 0.3 is 7.12 Å². The van der Waals surface area contributed by atoms with Crippen LogP contribution in [0.15, 0.2) is 53.6 Å². The molecule has 24 heavy (non-hydrogen) atoms. The first-order valence-corrected chi connectivity index (χ1v) is 8.97. The number of benzene rings is 1. The average molecular weight is 324 g/mol. The van der Waals surface area contributed by atoms with Crippen molar-refractivity contribution in [1.82, 2.24) is 0 Å². The molecule has 3 rings (SSSR count). The van der Waals surface area contributed by atoms with E-state index in [1.54, 1.807) is 0 Å². The number of rotatable bonds is 5. The smallest absolute Gasteiger partial charge is 0.403 e. The van der Waals surface area contributed by atoms with Gasteiger partial charge in [0.05, 0.1) is 11.2 Å². The molecule has 1 atom stereocenters. The lowest BCUT2D eigenvalue weighted by atomic mass is 9.63. The molecular weight excluding hydrogens is 295 g/mol. The summed E-state index contributed by atoms with van der Waals surface area (Å²) in [6.07, 6.45) is 3.08. The molecule has 1 aromatic carbocycles. The number of allylic oxidation sites excluding steroid dienone is 3. The summed E-state index contributed by atoms with van der Waals surface area (Å²) in [5, 5.41) is 0. The lowest BCUT2D eigenvalue weighted by Gasteiger charge is -2.35. The summed E-state index contributed by atoms with van der Waals surface area (Å²) < 4.78 is 12.4. The lowest BCUT2D eigenvalue weighted by Crippen LogP contribution is -2.41. The van der Waals surface area contributed by atoms with Crippen LogP contribution in [0, 0.1) is 5.92 Å². The molecule has 0 saturated carbocycles. The van der Waals surface area contributed by atoms with E-state index in [4.69, 9.17) is 9.31 Å². The van der Waals surface area contributed by atoms with E-state index in [1.165, 1.54) is 22.3 Å². The highest BCUT2D eigenvalue weighted by atomic mass is 16.7. The molecule has 0 N–H and O–H groups in total. The van der Waals surface area contributed by atoms with Crippen molar-refractivity contribution in [2.45, 2.75) is 65.0 Å². The fourth-order valence-corrected chi connectivity index (χ4v) is 3.82. The molecule has 3 heteroatoms. The van der Waals surface area contributed by atoms with Gasteiger partial charge in [-0.2, -0.15) is 0 Å². The van der Waals surface area contributed by atoms with Gasteiger partial charge in [-0.25, -0.2) is 0 Å². The fraction of sp³-hybridized carbons (Fsp3) is 0.524. The quantitative estimate of drug-likeness (QED) is 0.692. The predicted molar refractivity (Wildman–Crippen MR) is 101 cm³/mol. The van der Waals surface area contributed by atoms with Crippen LogP contribution in [0.25, 0.3) is 0 Å². The van der Waals surface area contributed by atoms with Crippen molar-refractivity contribution in [1.29, 1.82) is 0 Å². The topological polar surface area (TPSA) is 18.5 Å². The molecule has 2 nitrogen and oxygen atoms in total. The Bertz CT molecular complexity index is 642. The van der Waals surface area contributed by atoms with Gasteiger partial charge in [0.15, 0.2) is 0 Å². The van der Waals surface area contributed by atoms with Crippen LogP contribution in [0.5, 0.6) is 0 Å². The molecule has 0 spiro atoms. The summed E-state index contributed by atoms with van der Waals surface area (Å²) in [5.74, 6) is 0.510. The first-order valence-electron chi connectivity index (χ1n) is 8.97. The van der Waals surface area contributed by atoms with E-state index in [0.717, 1.165) is 19.2 Å². The van der Waals surface area contributed by atoms with Crippen molar-refractivity contribution >= 4 is 7.12 Å². The van der Waals surface area contributed by atoms with Crippen LogP contribution in [-0.4, -0.2) is 18.3 Å². The summed E-state index contributed by atoms with van der Waals surface area (Å²) in [7, 11) is -0.118. The molecule has 2 aliphatic rings. The highest BCUT2D eigenvalue weighted by molar-refractivity contribution is 6.45. The van der Waals surface area contributed by atoms with Crippen LogP contribution in [0.3, 0.4) is 0 Å². The number of hydrogen-bond donors (Lipinski definition) is 0. The van der Waals surface area contributed by atoms with Gasteiger partial charge in [0, 0.05) is 0 Å². The highest BCUT2D eigenvalue weighted by Gasteiger charge is 2.52. The second kappa shape index (κ2) is 6.20. The van der Waals surface area contributed by atoms with E-state index >= 15 is 0 Å². The summed E-state index contributed by atoms with van der Waals surface area (Å²) in [6.45, 7) is 14.8. The van der Waals surface area contributed by atoms with Gasteiger partial charge in [0.2, 0.25) is 0 Å². The second-order valence-corrected chi connectivity index (χ2v) is 8.28. The zero-order valence-electron chi connectivity index (χ0n) is 15.7. The fourth-order valence-electron chi connectivity index (χ4n) is 3.82. The summed E-state index contributed by atoms with van der Waals surface area (Å²) >= 11 is 0. The molecule has 1 unspecified atom stereocenters. The van der Waals surface area contributed by atoms with Gasteiger partial charge < -0.3 is 9.31 Å². The van der Waals surface area contributed by atoms with E-state index in [2.05, 4.69) is 71.5 Å². The van der Waals surface area contributed by atoms with Crippen LogP contribution >= 0.6 is 0 Å². The average Bonchev–Trinajstić information content (AvgIpc) is 2.65. The maximum atomic E-state index is 6.18. The summed E-state index contributed by atoms with van der Waals surface area (Å²) in [4.78, 5) is 0. The third-order valence-electron chi connectivity index (χ3n) is 5.78. The zero-order valence-corrected chi connectivity index (χ0v) is 15.7. The Morgan fingerprint density at radius 2 is 1.71 bits per heavy atom. The van der Waals surface area contributed by atoms with Gasteiger partial charge in [-0.3, -0.25) is 0 Å². The third-order valence-corrected chi connectivity index (χ3v) is 5.78. The van der Waals surface area contributed by atoms with Crippen molar-refractivity contribution < 1.29 is 9.31 Å². The Hall–Kier alpha value is -1.32. The maximum Gasteiger partial charge on any atom is 0.458 e. The molecule has 128 valence electrons. The van der Waals surface area contributed by atoms with Crippen LogP contribution in [0.1, 0.15) is 46.6 Å². The normalized spacial score (nSPS) is 24.9. The minimum Gasteiger partial charge on any atom is -0.403 e. The lowest BCUT2D eigenvalue weighted by molar-refractivity contribution is 0.00578. The minimum absolute atomic E-state index is 0.118. The van der Waals surface area contributed by atoms with Crippen molar-refractivity contribution in [2.24, 2.45) is 5.92 Å². The predicted octanol–water partition coefficient (Wildman–Crippen LogP) is 5.21. The van der Waals surface area contributed by atoms with Gasteiger partial charge in [-0.05, 0) is 70.8 Å². The third kappa shape index (κ3) is 3.25. The van der Waals surface area contributed by atoms with E-state index < -0.39 is 0 Å². The number of hydrogen-bond acceptors (Lipinski definition) is 2. The maximum absolute atomic E-state index is 6.18.